The van der Waals surface area contributed by atoms with Crippen molar-refractivity contribution in [2.75, 3.05) is 23.5 Å². The van der Waals surface area contributed by atoms with Crippen LogP contribution >= 0.6 is 23.1 Å². The number of rotatable bonds is 7. The molecule has 0 bridgehead atoms. The minimum Gasteiger partial charge on any atom is -0.465 e. The third-order valence-electron chi connectivity index (χ3n) is 5.64. The van der Waals surface area contributed by atoms with Gasteiger partial charge in [-0.15, -0.1) is 23.1 Å². The zero-order valence-corrected chi connectivity index (χ0v) is 20.8. The van der Waals surface area contributed by atoms with E-state index in [9.17, 15) is 18.8 Å². The quantitative estimate of drug-likeness (QED) is 0.233. The molecule has 4 rings (SSSR count). The molecule has 3 aromatic rings. The van der Waals surface area contributed by atoms with Crippen LogP contribution in [-0.4, -0.2) is 30.6 Å². The second-order valence-electron chi connectivity index (χ2n) is 8.06. The van der Waals surface area contributed by atoms with Crippen molar-refractivity contribution in [3.05, 3.63) is 75.9 Å². The third-order valence-corrected chi connectivity index (χ3v) is 7.85. The number of hydrogen-bond donors (Lipinski definition) is 2. The Labute approximate surface area is 211 Å². The highest BCUT2D eigenvalue weighted by Gasteiger charge is 2.26. The van der Waals surface area contributed by atoms with E-state index in [1.54, 1.807) is 24.3 Å². The van der Waals surface area contributed by atoms with Crippen molar-refractivity contribution in [3.8, 4) is 0 Å². The number of amides is 2. The Balaban J connectivity index is 1.40. The van der Waals surface area contributed by atoms with Crippen LogP contribution in [0.25, 0.3) is 0 Å². The van der Waals surface area contributed by atoms with E-state index in [1.807, 2.05) is 6.07 Å². The number of carbonyl (C=O) groups is 3. The van der Waals surface area contributed by atoms with Crippen molar-refractivity contribution >= 4 is 51.6 Å². The summed E-state index contributed by atoms with van der Waals surface area (Å²) in [5, 5.41) is 6.12. The Hall–Kier alpha value is -3.17. The number of thioether (sulfide) groups is 1. The molecule has 0 unspecified atom stereocenters. The Bertz CT molecular complexity index is 1260. The average molecular weight is 513 g/mol. The third kappa shape index (κ3) is 6.10. The highest BCUT2D eigenvalue weighted by molar-refractivity contribution is 8.00. The van der Waals surface area contributed by atoms with E-state index in [0.29, 0.717) is 16.3 Å². The van der Waals surface area contributed by atoms with Gasteiger partial charge in [0.1, 0.15) is 10.8 Å². The van der Waals surface area contributed by atoms with Crippen molar-refractivity contribution in [2.24, 2.45) is 0 Å². The van der Waals surface area contributed by atoms with Crippen LogP contribution in [0, 0.1) is 5.82 Å². The Kier molecular flexibility index (Phi) is 8.20. The number of nitrogens with one attached hydrogen (secondary N) is 2. The van der Waals surface area contributed by atoms with Crippen LogP contribution in [0.15, 0.2) is 53.4 Å². The molecule has 0 saturated carbocycles. The molecule has 0 aliphatic heterocycles. The molecule has 0 saturated heterocycles. The van der Waals surface area contributed by atoms with Crippen LogP contribution in [0.1, 0.15) is 50.4 Å². The van der Waals surface area contributed by atoms with Gasteiger partial charge in [0.05, 0.1) is 24.0 Å². The minimum absolute atomic E-state index is 0.0410. The lowest BCUT2D eigenvalue weighted by Gasteiger charge is -2.09. The number of thiophene rings is 1. The van der Waals surface area contributed by atoms with Crippen LogP contribution in [0.3, 0.4) is 0 Å². The molecule has 2 amide bonds. The van der Waals surface area contributed by atoms with Crippen LogP contribution in [0.4, 0.5) is 15.1 Å². The normalized spacial score (nSPS) is 12.9. The SMILES string of the molecule is COC(=O)c1c(NC(=O)CSc2cccc(NC(=O)c3ccccc3F)c2)sc2c1CCCCC2. The molecule has 182 valence electrons. The predicted octanol–water partition coefficient (Wildman–Crippen LogP) is 5.93. The number of carbonyl (C=O) groups excluding carboxylic acids is 3. The van der Waals surface area contributed by atoms with Crippen LogP contribution in [-0.2, 0) is 22.4 Å². The molecule has 1 aromatic heterocycles. The first-order valence-electron chi connectivity index (χ1n) is 11.3. The molecule has 0 atom stereocenters. The van der Waals surface area contributed by atoms with Gasteiger partial charge in [-0.2, -0.15) is 0 Å². The van der Waals surface area contributed by atoms with Crippen molar-refractivity contribution in [1.29, 1.82) is 0 Å². The van der Waals surface area contributed by atoms with Gasteiger partial charge in [-0.05, 0) is 61.6 Å². The van der Waals surface area contributed by atoms with E-state index in [1.165, 1.54) is 48.4 Å². The number of halogens is 1. The summed E-state index contributed by atoms with van der Waals surface area (Å²) >= 11 is 2.75. The minimum atomic E-state index is -0.593. The van der Waals surface area contributed by atoms with E-state index < -0.39 is 17.7 Å². The van der Waals surface area contributed by atoms with Gasteiger partial charge in [-0.3, -0.25) is 9.59 Å². The lowest BCUT2D eigenvalue weighted by molar-refractivity contribution is -0.113. The van der Waals surface area contributed by atoms with Gasteiger partial charge in [-0.25, -0.2) is 9.18 Å². The van der Waals surface area contributed by atoms with E-state index in [4.69, 9.17) is 4.74 Å². The molecule has 0 fully saturated rings. The molecule has 0 radical (unpaired) electrons. The molecular weight excluding hydrogens is 487 g/mol. The van der Waals surface area contributed by atoms with E-state index >= 15 is 0 Å². The number of methoxy groups -OCH3 is 1. The maximum atomic E-state index is 13.9. The topological polar surface area (TPSA) is 84.5 Å². The summed E-state index contributed by atoms with van der Waals surface area (Å²) in [7, 11) is 1.35. The summed E-state index contributed by atoms with van der Waals surface area (Å²) in [6.45, 7) is 0. The molecule has 9 heteroatoms. The molecule has 1 heterocycles. The second kappa shape index (κ2) is 11.5. The summed E-state index contributed by atoms with van der Waals surface area (Å²) in [6.07, 6.45) is 4.92. The van der Waals surface area contributed by atoms with Crippen LogP contribution < -0.4 is 10.6 Å². The molecule has 35 heavy (non-hydrogen) atoms. The number of aryl methyl sites for hydroxylation is 1. The first-order chi connectivity index (χ1) is 17.0. The highest BCUT2D eigenvalue weighted by atomic mass is 32.2. The van der Waals surface area contributed by atoms with Crippen molar-refractivity contribution in [1.82, 2.24) is 0 Å². The van der Waals surface area contributed by atoms with Gasteiger partial charge in [0.15, 0.2) is 0 Å². The van der Waals surface area contributed by atoms with Crippen molar-refractivity contribution in [2.45, 2.75) is 37.0 Å². The maximum absolute atomic E-state index is 13.9. The number of fused-ring (bicyclic) bond motifs is 1. The lowest BCUT2D eigenvalue weighted by Crippen LogP contribution is -2.16. The van der Waals surface area contributed by atoms with Gasteiger partial charge in [0.25, 0.3) is 5.91 Å². The van der Waals surface area contributed by atoms with Gasteiger partial charge in [-0.1, -0.05) is 24.6 Å². The van der Waals surface area contributed by atoms with Crippen molar-refractivity contribution in [3.63, 3.8) is 0 Å². The van der Waals surface area contributed by atoms with E-state index in [2.05, 4.69) is 10.6 Å². The Morgan fingerprint density at radius 3 is 2.63 bits per heavy atom. The zero-order chi connectivity index (χ0) is 24.8. The highest BCUT2D eigenvalue weighted by Crippen LogP contribution is 2.38. The standard InChI is InChI=1S/C26H25FN2O4S2/c1-33-26(32)23-19-11-3-2-4-13-21(19)35-25(23)29-22(30)15-34-17-9-7-8-16(14-17)28-24(31)18-10-5-6-12-20(18)27/h5-10,12,14H,2-4,11,13,15H2,1H3,(H,28,31)(H,29,30). The van der Waals surface area contributed by atoms with E-state index in [0.717, 1.165) is 47.4 Å². The molecule has 2 N–H and O–H groups in total. The van der Waals surface area contributed by atoms with Gasteiger partial charge >= 0.3 is 5.97 Å². The van der Waals surface area contributed by atoms with Crippen LogP contribution in [0.5, 0.6) is 0 Å². The fourth-order valence-corrected chi connectivity index (χ4v) is 6.02. The molecule has 6 nitrogen and oxygen atoms in total. The summed E-state index contributed by atoms with van der Waals surface area (Å²) < 4.78 is 18.9. The first kappa shape index (κ1) is 24.9. The molecular formula is C26H25FN2O4S2. The Morgan fingerprint density at radius 2 is 1.83 bits per heavy atom. The van der Waals surface area contributed by atoms with Gasteiger partial charge < -0.3 is 15.4 Å². The first-order valence-corrected chi connectivity index (χ1v) is 13.1. The molecule has 2 aromatic carbocycles. The maximum Gasteiger partial charge on any atom is 0.341 e. The smallest absolute Gasteiger partial charge is 0.341 e. The Morgan fingerprint density at radius 1 is 1.03 bits per heavy atom. The van der Waals surface area contributed by atoms with E-state index in [-0.39, 0.29) is 17.2 Å². The number of hydrogen-bond acceptors (Lipinski definition) is 6. The largest absolute Gasteiger partial charge is 0.465 e. The summed E-state index contributed by atoms with van der Waals surface area (Å²) in [5.74, 6) is -1.68. The zero-order valence-electron chi connectivity index (χ0n) is 19.2. The number of esters is 1. The molecule has 0 spiro atoms. The lowest BCUT2D eigenvalue weighted by atomic mass is 10.1. The number of benzene rings is 2. The van der Waals surface area contributed by atoms with Crippen molar-refractivity contribution < 1.29 is 23.5 Å². The average Bonchev–Trinajstić information content (AvgIpc) is 3.02. The number of anilines is 2. The molecule has 1 aliphatic carbocycles. The summed E-state index contributed by atoms with van der Waals surface area (Å²) in [4.78, 5) is 39.5. The van der Waals surface area contributed by atoms with Crippen LogP contribution in [0.2, 0.25) is 0 Å². The summed E-state index contributed by atoms with van der Waals surface area (Å²) in [5.41, 5.74) is 1.94. The predicted molar refractivity (Wildman–Crippen MR) is 137 cm³/mol. The molecule has 1 aliphatic rings. The second-order valence-corrected chi connectivity index (χ2v) is 10.2. The summed E-state index contributed by atoms with van der Waals surface area (Å²) in [6, 6.07) is 12.8. The fraction of sp³-hybridized carbons (Fsp3) is 0.269. The van der Waals surface area contributed by atoms with Gasteiger partial charge in [0.2, 0.25) is 5.91 Å². The number of ether oxygens (including phenoxy) is 1. The monoisotopic (exact) mass is 512 g/mol. The van der Waals surface area contributed by atoms with Gasteiger partial charge in [0, 0.05) is 15.5 Å². The fourth-order valence-electron chi connectivity index (χ4n) is 3.97.